The molecule has 11 rings (SSSR count). The van der Waals surface area contributed by atoms with Crippen LogP contribution in [0.2, 0.25) is 0 Å². The van der Waals surface area contributed by atoms with Crippen LogP contribution in [0.3, 0.4) is 0 Å². The molecule has 8 aromatic carbocycles. The molecule has 0 N–H and O–H groups in total. The van der Waals surface area contributed by atoms with Gasteiger partial charge in [0.1, 0.15) is 0 Å². The molecular formula is C56H39N3. The molecule has 3 heteroatoms. The van der Waals surface area contributed by atoms with Gasteiger partial charge in [-0.1, -0.05) is 166 Å². The first-order valence-corrected chi connectivity index (χ1v) is 20.2. The minimum Gasteiger partial charge on any atom is -0.264 e. The highest BCUT2D eigenvalue weighted by Gasteiger charge is 2.37. The highest BCUT2D eigenvalue weighted by molar-refractivity contribution is 6.04. The fraction of sp³-hybridized carbons (Fsp3) is 0.0536. The van der Waals surface area contributed by atoms with E-state index in [1.54, 1.807) is 6.20 Å². The van der Waals surface area contributed by atoms with Crippen LogP contribution in [0.1, 0.15) is 25.0 Å². The number of aromatic nitrogens is 3. The summed E-state index contributed by atoms with van der Waals surface area (Å²) in [5, 5.41) is 4.85. The lowest BCUT2D eigenvalue weighted by molar-refractivity contribution is 0.663. The van der Waals surface area contributed by atoms with Crippen LogP contribution in [0.25, 0.3) is 100.0 Å². The van der Waals surface area contributed by atoms with E-state index in [0.29, 0.717) is 5.82 Å². The molecule has 0 saturated heterocycles. The van der Waals surface area contributed by atoms with Gasteiger partial charge >= 0.3 is 0 Å². The molecule has 2 heterocycles. The number of pyridine rings is 1. The van der Waals surface area contributed by atoms with Gasteiger partial charge < -0.3 is 0 Å². The topological polar surface area (TPSA) is 38.7 Å². The lowest BCUT2D eigenvalue weighted by Gasteiger charge is -2.25. The van der Waals surface area contributed by atoms with Gasteiger partial charge in [0.15, 0.2) is 5.82 Å². The van der Waals surface area contributed by atoms with Crippen molar-refractivity contribution in [2.24, 2.45) is 0 Å². The van der Waals surface area contributed by atoms with Crippen molar-refractivity contribution in [2.75, 3.05) is 0 Å². The van der Waals surface area contributed by atoms with Gasteiger partial charge in [-0.05, 0) is 108 Å². The quantitative estimate of drug-likeness (QED) is 0.170. The third-order valence-corrected chi connectivity index (χ3v) is 12.2. The molecule has 10 aromatic rings. The van der Waals surface area contributed by atoms with Crippen molar-refractivity contribution in [3.63, 3.8) is 0 Å². The van der Waals surface area contributed by atoms with Gasteiger partial charge in [0.05, 0.1) is 11.4 Å². The van der Waals surface area contributed by atoms with E-state index in [-0.39, 0.29) is 5.41 Å². The van der Waals surface area contributed by atoms with E-state index in [9.17, 15) is 0 Å². The van der Waals surface area contributed by atoms with E-state index < -0.39 is 0 Å². The molecule has 278 valence electrons. The average molecular weight is 754 g/mol. The highest BCUT2D eigenvalue weighted by Crippen LogP contribution is 2.53. The molecule has 0 saturated carbocycles. The van der Waals surface area contributed by atoms with Crippen LogP contribution in [-0.4, -0.2) is 15.0 Å². The maximum absolute atomic E-state index is 5.28. The van der Waals surface area contributed by atoms with Crippen LogP contribution < -0.4 is 0 Å². The maximum atomic E-state index is 5.28. The summed E-state index contributed by atoms with van der Waals surface area (Å²) in [7, 11) is 0. The number of benzene rings is 8. The second kappa shape index (κ2) is 13.9. The van der Waals surface area contributed by atoms with Crippen LogP contribution >= 0.6 is 0 Å². The van der Waals surface area contributed by atoms with Gasteiger partial charge in [-0.2, -0.15) is 0 Å². The van der Waals surface area contributed by atoms with Crippen molar-refractivity contribution in [1.29, 1.82) is 0 Å². The molecule has 0 atom stereocenters. The Bertz CT molecular complexity index is 3220. The molecule has 59 heavy (non-hydrogen) atoms. The van der Waals surface area contributed by atoms with Gasteiger partial charge in [0.25, 0.3) is 0 Å². The Balaban J connectivity index is 0.994. The Labute approximate surface area is 344 Å². The summed E-state index contributed by atoms with van der Waals surface area (Å²) >= 11 is 0. The number of hydrogen-bond donors (Lipinski definition) is 0. The molecule has 3 nitrogen and oxygen atoms in total. The summed E-state index contributed by atoms with van der Waals surface area (Å²) in [6.45, 7) is 4.75. The van der Waals surface area contributed by atoms with Crippen LogP contribution in [0.4, 0.5) is 0 Å². The second-order valence-electron chi connectivity index (χ2n) is 16.0. The zero-order valence-electron chi connectivity index (χ0n) is 32.9. The highest BCUT2D eigenvalue weighted by atomic mass is 14.9. The Hall–Kier alpha value is -7.49. The molecule has 0 aliphatic heterocycles. The van der Waals surface area contributed by atoms with Crippen molar-refractivity contribution in [3.05, 3.63) is 212 Å². The minimum absolute atomic E-state index is 0.127. The second-order valence-corrected chi connectivity index (χ2v) is 16.0. The molecule has 1 aliphatic carbocycles. The van der Waals surface area contributed by atoms with Gasteiger partial charge in [0.2, 0.25) is 0 Å². The lowest BCUT2D eigenvalue weighted by atomic mass is 9.78. The van der Waals surface area contributed by atoms with Gasteiger partial charge in [-0.3, -0.25) is 4.98 Å². The monoisotopic (exact) mass is 753 g/mol. The molecule has 0 spiro atoms. The zero-order valence-corrected chi connectivity index (χ0v) is 32.9. The van der Waals surface area contributed by atoms with Crippen molar-refractivity contribution >= 4 is 21.5 Å². The van der Waals surface area contributed by atoms with Gasteiger partial charge in [-0.25, -0.2) is 9.97 Å². The number of rotatable bonds is 6. The Morgan fingerprint density at radius 1 is 0.373 bits per heavy atom. The first-order valence-electron chi connectivity index (χ1n) is 20.2. The van der Waals surface area contributed by atoms with Crippen molar-refractivity contribution < 1.29 is 0 Å². The summed E-state index contributed by atoms with van der Waals surface area (Å²) in [5.41, 5.74) is 17.2. The van der Waals surface area contributed by atoms with Crippen LogP contribution in [-0.2, 0) is 5.41 Å². The Morgan fingerprint density at radius 3 is 1.73 bits per heavy atom. The van der Waals surface area contributed by atoms with Crippen molar-refractivity contribution in [1.82, 2.24) is 15.0 Å². The summed E-state index contributed by atoms with van der Waals surface area (Å²) in [6, 6.07) is 67.5. The first-order chi connectivity index (χ1) is 29.0. The summed E-state index contributed by atoms with van der Waals surface area (Å²) in [6.07, 6.45) is 3.70. The van der Waals surface area contributed by atoms with E-state index in [0.717, 1.165) is 50.0 Å². The van der Waals surface area contributed by atoms with E-state index in [4.69, 9.17) is 9.97 Å². The van der Waals surface area contributed by atoms with E-state index >= 15 is 0 Å². The largest absolute Gasteiger partial charge is 0.264 e. The van der Waals surface area contributed by atoms with Crippen LogP contribution in [0, 0.1) is 0 Å². The fourth-order valence-corrected chi connectivity index (χ4v) is 9.24. The number of hydrogen-bond acceptors (Lipinski definition) is 3. The van der Waals surface area contributed by atoms with Crippen LogP contribution in [0.15, 0.2) is 200 Å². The maximum Gasteiger partial charge on any atom is 0.161 e. The van der Waals surface area contributed by atoms with E-state index in [1.165, 1.54) is 55.3 Å². The Kier molecular flexibility index (Phi) is 8.16. The molecule has 0 fully saturated rings. The summed E-state index contributed by atoms with van der Waals surface area (Å²) in [5.74, 6) is 0.695. The number of nitrogens with zero attached hydrogens (tertiary/aromatic N) is 3. The van der Waals surface area contributed by atoms with E-state index in [2.05, 4.69) is 195 Å². The normalized spacial score (nSPS) is 12.7. The van der Waals surface area contributed by atoms with E-state index in [1.807, 2.05) is 18.3 Å². The predicted octanol–water partition coefficient (Wildman–Crippen LogP) is 14.5. The molecule has 0 radical (unpaired) electrons. The zero-order chi connectivity index (χ0) is 39.5. The molecule has 0 amide bonds. The molecule has 2 aromatic heterocycles. The van der Waals surface area contributed by atoms with Gasteiger partial charge in [-0.15, -0.1) is 0 Å². The molecule has 0 bridgehead atoms. The molecule has 0 unspecified atom stereocenters. The summed E-state index contributed by atoms with van der Waals surface area (Å²) in [4.78, 5) is 14.9. The SMILES string of the molecule is CC1(C)c2cc3ccccc3cc2-c2cccc(-c3ccc(-c4ccc(-c5nc(-c6ccccc6)cc(-c6cccc(-c7cccnc7)c6)n5)c5ccccc45)cc3)c21. The average Bonchev–Trinajstić information content (AvgIpc) is 3.53. The predicted molar refractivity (Wildman–Crippen MR) is 245 cm³/mol. The molecular weight excluding hydrogens is 715 g/mol. The third-order valence-electron chi connectivity index (χ3n) is 12.2. The third kappa shape index (κ3) is 5.94. The van der Waals surface area contributed by atoms with Crippen LogP contribution in [0.5, 0.6) is 0 Å². The standard InChI is InChI=1S/C56H39N3/c1-56(2)51-33-41-16-7-6-15-40(41)32-50(51)48-23-11-22-45(54(48)56)37-26-24-36(25-27-37)44-28-29-49(47-21-9-8-20-46(44)47)55-58-52(38-13-4-3-5-14-38)34-53(59-55)42-18-10-17-39(31-42)43-19-12-30-57-35-43/h3-35H,1-2H3. The summed E-state index contributed by atoms with van der Waals surface area (Å²) < 4.78 is 0. The Morgan fingerprint density at radius 2 is 0.966 bits per heavy atom. The first kappa shape index (κ1) is 34.7. The molecule has 1 aliphatic rings. The van der Waals surface area contributed by atoms with Crippen molar-refractivity contribution in [2.45, 2.75) is 19.3 Å². The lowest BCUT2D eigenvalue weighted by Crippen LogP contribution is -2.16. The fourth-order valence-electron chi connectivity index (χ4n) is 9.24. The number of fused-ring (bicyclic) bond motifs is 5. The van der Waals surface area contributed by atoms with Gasteiger partial charge in [0, 0.05) is 40.1 Å². The minimum atomic E-state index is -0.127. The smallest absolute Gasteiger partial charge is 0.161 e. The van der Waals surface area contributed by atoms with Crippen molar-refractivity contribution in [3.8, 4) is 78.4 Å².